The molecule has 4 rings (SSSR count). The average molecular weight is 330 g/mol. The molecule has 0 unspecified atom stereocenters. The Balaban J connectivity index is 1.82. The standard InChI is InChI=1S/C13H13S5/c1-14-13-9-6-5-8(12(9)17-18-13)11-7-3-2-4-10(7)15-16-11/h2-6H2,1H3/q+1. The van der Waals surface area contributed by atoms with Gasteiger partial charge in [0.1, 0.15) is 0 Å². The molecule has 5 heteroatoms. The Hall–Kier alpha value is 0.580. The van der Waals surface area contributed by atoms with Crippen molar-refractivity contribution in [2.45, 2.75) is 36.3 Å². The molecule has 1 aromatic rings. The summed E-state index contributed by atoms with van der Waals surface area (Å²) in [7, 11) is 8.06. The van der Waals surface area contributed by atoms with Crippen LogP contribution in [0.25, 0.3) is 5.57 Å². The third-order valence-electron chi connectivity index (χ3n) is 3.75. The quantitative estimate of drug-likeness (QED) is 0.337. The second kappa shape index (κ2) is 4.85. The number of hydrogen-bond donors (Lipinski definition) is 0. The van der Waals surface area contributed by atoms with Crippen LogP contribution in [-0.4, -0.2) is 6.26 Å². The van der Waals surface area contributed by atoms with Gasteiger partial charge in [-0.15, -0.1) is 0 Å². The summed E-state index contributed by atoms with van der Waals surface area (Å²) >= 11 is 1.93. The van der Waals surface area contributed by atoms with Crippen LogP contribution in [0.1, 0.15) is 36.1 Å². The van der Waals surface area contributed by atoms with Crippen molar-refractivity contribution in [1.29, 1.82) is 0 Å². The fraction of sp³-hybridized carbons (Fsp3) is 0.462. The van der Waals surface area contributed by atoms with Gasteiger partial charge in [0.2, 0.25) is 0 Å². The highest BCUT2D eigenvalue weighted by atomic mass is 33.1. The van der Waals surface area contributed by atoms with E-state index in [9.17, 15) is 0 Å². The minimum absolute atomic E-state index is 1.28. The highest BCUT2D eigenvalue weighted by Crippen LogP contribution is 2.60. The van der Waals surface area contributed by atoms with Gasteiger partial charge in [0, 0.05) is 15.4 Å². The lowest BCUT2D eigenvalue weighted by Crippen LogP contribution is -1.83. The summed E-state index contributed by atoms with van der Waals surface area (Å²) in [5.41, 5.74) is 5.03. The van der Waals surface area contributed by atoms with Gasteiger partial charge in [-0.2, -0.15) is 0 Å². The molecule has 0 atom stereocenters. The second-order valence-electron chi connectivity index (χ2n) is 4.70. The summed E-state index contributed by atoms with van der Waals surface area (Å²) in [5, 5.41) is 0. The lowest BCUT2D eigenvalue weighted by Gasteiger charge is -2.04. The zero-order valence-corrected chi connectivity index (χ0v) is 14.2. The van der Waals surface area contributed by atoms with Gasteiger partial charge < -0.3 is 0 Å². The van der Waals surface area contributed by atoms with Gasteiger partial charge in [-0.25, -0.2) is 0 Å². The van der Waals surface area contributed by atoms with Crippen molar-refractivity contribution in [2.24, 2.45) is 0 Å². The van der Waals surface area contributed by atoms with Crippen LogP contribution < -0.4 is 0 Å². The monoisotopic (exact) mass is 329 g/mol. The summed E-state index contributed by atoms with van der Waals surface area (Å²) in [6, 6.07) is 0. The maximum absolute atomic E-state index is 2.21. The van der Waals surface area contributed by atoms with Crippen LogP contribution in [0.3, 0.4) is 0 Å². The van der Waals surface area contributed by atoms with Crippen LogP contribution >= 0.6 is 54.0 Å². The van der Waals surface area contributed by atoms with Crippen LogP contribution in [0.4, 0.5) is 0 Å². The van der Waals surface area contributed by atoms with Gasteiger partial charge in [-0.1, -0.05) is 33.3 Å². The van der Waals surface area contributed by atoms with Crippen molar-refractivity contribution in [3.8, 4) is 0 Å². The molecule has 0 fully saturated rings. The van der Waals surface area contributed by atoms with Gasteiger partial charge in [-0.05, 0) is 49.5 Å². The second-order valence-corrected chi connectivity index (χ2v) is 10.2. The first-order chi connectivity index (χ1) is 8.88. The Morgan fingerprint density at radius 3 is 2.89 bits per heavy atom. The Labute approximate surface area is 127 Å². The third-order valence-corrected chi connectivity index (χ3v) is 10.6. The lowest BCUT2D eigenvalue weighted by atomic mass is 10.1. The zero-order chi connectivity index (χ0) is 12.1. The van der Waals surface area contributed by atoms with E-state index in [1.54, 1.807) is 35.6 Å². The lowest BCUT2D eigenvalue weighted by molar-refractivity contribution is 0.911. The van der Waals surface area contributed by atoms with E-state index in [4.69, 9.17) is 0 Å². The summed E-state index contributed by atoms with van der Waals surface area (Å²) in [5.74, 6) is 0. The molecule has 3 aliphatic rings. The highest BCUT2D eigenvalue weighted by molar-refractivity contribution is 8.80. The summed E-state index contributed by atoms with van der Waals surface area (Å²) in [4.78, 5) is 4.95. The maximum atomic E-state index is 2.21. The van der Waals surface area contributed by atoms with E-state index in [0.29, 0.717) is 0 Å². The Morgan fingerprint density at radius 2 is 2.00 bits per heavy atom. The number of rotatable bonds is 1. The highest BCUT2D eigenvalue weighted by Gasteiger charge is 2.35. The topological polar surface area (TPSA) is 0 Å². The van der Waals surface area contributed by atoms with Crippen molar-refractivity contribution < 1.29 is 0 Å². The largest absolute Gasteiger partial charge is 0.308 e. The minimum Gasteiger partial charge on any atom is -0.0663 e. The van der Waals surface area contributed by atoms with Gasteiger partial charge in [-0.3, -0.25) is 0 Å². The molecule has 2 heterocycles. The van der Waals surface area contributed by atoms with Gasteiger partial charge in [0.25, 0.3) is 4.21 Å². The van der Waals surface area contributed by atoms with Crippen LogP contribution in [0.5, 0.6) is 0 Å². The van der Waals surface area contributed by atoms with Crippen molar-refractivity contribution in [2.75, 3.05) is 6.26 Å². The van der Waals surface area contributed by atoms with E-state index in [1.165, 1.54) is 32.1 Å². The average Bonchev–Trinajstić information content (AvgIpc) is 3.09. The molecule has 2 aliphatic carbocycles. The van der Waals surface area contributed by atoms with E-state index >= 15 is 0 Å². The molecule has 0 aromatic carbocycles. The van der Waals surface area contributed by atoms with Gasteiger partial charge in [0.15, 0.2) is 10.3 Å². The molecule has 0 nitrogen and oxygen atoms in total. The molecular formula is C13H13S5+. The zero-order valence-electron chi connectivity index (χ0n) is 10.1. The number of allylic oxidation sites excluding steroid dienone is 3. The predicted octanol–water partition coefficient (Wildman–Crippen LogP) is 6.30. The smallest absolute Gasteiger partial charge is 0.0663 e. The van der Waals surface area contributed by atoms with Crippen molar-refractivity contribution in [3.63, 3.8) is 0 Å². The van der Waals surface area contributed by atoms with Crippen LogP contribution in [0, 0.1) is 0 Å². The van der Waals surface area contributed by atoms with Gasteiger partial charge in [0.05, 0.1) is 4.88 Å². The first kappa shape index (κ1) is 12.3. The molecule has 0 N–H and O–H groups in total. The fourth-order valence-corrected chi connectivity index (χ4v) is 10.3. The molecule has 1 aliphatic heterocycles. The molecule has 0 bridgehead atoms. The SMILES string of the molecule is CSc1[s+]sc2c1CC/C2=C1/SSC2=C1CCC2. The third kappa shape index (κ3) is 1.78. The van der Waals surface area contributed by atoms with Crippen LogP contribution in [0.2, 0.25) is 0 Å². The Bertz CT molecular complexity index is 578. The molecule has 1 aromatic heterocycles. The molecular weight excluding hydrogens is 316 g/mol. The van der Waals surface area contributed by atoms with E-state index in [2.05, 4.69) is 6.26 Å². The number of fused-ring (bicyclic) bond motifs is 1. The van der Waals surface area contributed by atoms with E-state index in [1.807, 2.05) is 54.0 Å². The van der Waals surface area contributed by atoms with Crippen molar-refractivity contribution in [3.05, 3.63) is 25.8 Å². The maximum Gasteiger partial charge on any atom is 0.308 e. The van der Waals surface area contributed by atoms with E-state index in [0.717, 1.165) is 0 Å². The molecule has 94 valence electrons. The predicted molar refractivity (Wildman–Crippen MR) is 89.7 cm³/mol. The first-order valence-electron chi connectivity index (χ1n) is 6.18. The summed E-state index contributed by atoms with van der Waals surface area (Å²) < 4.78 is 1.56. The summed E-state index contributed by atoms with van der Waals surface area (Å²) in [6.45, 7) is 0. The first-order valence-corrected chi connectivity index (χ1v) is 11.7. The molecule has 18 heavy (non-hydrogen) atoms. The summed E-state index contributed by atoms with van der Waals surface area (Å²) in [6.07, 6.45) is 8.81. The molecule has 0 radical (unpaired) electrons. The van der Waals surface area contributed by atoms with Crippen molar-refractivity contribution in [1.82, 2.24) is 0 Å². The number of hydrogen-bond acceptors (Lipinski definition) is 4. The van der Waals surface area contributed by atoms with Gasteiger partial charge >= 0.3 is 10.3 Å². The van der Waals surface area contributed by atoms with E-state index in [-0.39, 0.29) is 0 Å². The fourth-order valence-electron chi connectivity index (χ4n) is 2.88. The molecule has 0 saturated carbocycles. The Kier molecular flexibility index (Phi) is 3.32. The minimum atomic E-state index is 1.28. The number of thioether (sulfide) groups is 1. The molecule has 0 amide bonds. The molecule has 0 spiro atoms. The molecule has 0 saturated heterocycles. The normalized spacial score (nSPS) is 26.1. The Morgan fingerprint density at radius 1 is 1.06 bits per heavy atom. The van der Waals surface area contributed by atoms with E-state index < -0.39 is 0 Å². The van der Waals surface area contributed by atoms with Crippen LogP contribution in [-0.2, 0) is 6.42 Å². The van der Waals surface area contributed by atoms with Crippen LogP contribution in [0.15, 0.2) is 19.6 Å². The van der Waals surface area contributed by atoms with Crippen molar-refractivity contribution >= 4 is 59.6 Å².